The number of hydrogen-bond donors (Lipinski definition) is 0. The second-order valence-electron chi connectivity index (χ2n) is 12.1. The van der Waals surface area contributed by atoms with E-state index >= 15 is 0 Å². The minimum Gasteiger partial charge on any atom is -0.497 e. The lowest BCUT2D eigenvalue weighted by Gasteiger charge is -2.25. The van der Waals surface area contributed by atoms with Crippen LogP contribution in [0.25, 0.3) is 5.65 Å². The normalized spacial score (nSPS) is 14.0. The van der Waals surface area contributed by atoms with Crippen molar-refractivity contribution >= 4 is 23.1 Å². The van der Waals surface area contributed by atoms with E-state index in [0.29, 0.717) is 11.8 Å². The fraction of sp³-hybridized carbons (Fsp3) is 0.576. The highest BCUT2D eigenvalue weighted by atomic mass is 16.5. The molecule has 7 heteroatoms. The van der Waals surface area contributed by atoms with E-state index < -0.39 is 0 Å². The van der Waals surface area contributed by atoms with E-state index in [-0.39, 0.29) is 5.91 Å². The van der Waals surface area contributed by atoms with Gasteiger partial charge in [-0.15, -0.1) is 0 Å². The molecule has 1 aliphatic rings. The van der Waals surface area contributed by atoms with Gasteiger partial charge in [0.25, 0.3) is 5.91 Å². The van der Waals surface area contributed by atoms with Gasteiger partial charge in [0.05, 0.1) is 18.4 Å². The number of methoxy groups -OCH3 is 1. The first-order valence-corrected chi connectivity index (χ1v) is 15.2. The highest BCUT2D eigenvalue weighted by molar-refractivity contribution is 5.94. The van der Waals surface area contributed by atoms with Crippen molar-refractivity contribution in [3.63, 3.8) is 0 Å². The lowest BCUT2D eigenvalue weighted by Crippen LogP contribution is -2.34. The van der Waals surface area contributed by atoms with E-state index in [4.69, 9.17) is 9.72 Å². The van der Waals surface area contributed by atoms with Gasteiger partial charge in [0.1, 0.15) is 11.4 Å². The number of rotatable bonds is 14. The Balaban J connectivity index is 1.66. The SMILES string of the molecule is COc1ccc(N(C)c2nc3ccc(C(=O)N(CCC(C)C)CCC(C)C)cn3c2CCCN2CCCC2)cc1. The summed E-state index contributed by atoms with van der Waals surface area (Å²) >= 11 is 0. The molecular weight excluding hydrogens is 498 g/mol. The van der Waals surface area contributed by atoms with Gasteiger partial charge >= 0.3 is 0 Å². The molecular formula is C33H49N5O2. The molecule has 40 heavy (non-hydrogen) atoms. The number of aromatic nitrogens is 2. The van der Waals surface area contributed by atoms with Gasteiger partial charge in [-0.1, -0.05) is 27.7 Å². The van der Waals surface area contributed by atoms with Crippen LogP contribution in [0.5, 0.6) is 5.75 Å². The summed E-state index contributed by atoms with van der Waals surface area (Å²) in [4.78, 5) is 25.6. The van der Waals surface area contributed by atoms with Crippen molar-refractivity contribution in [3.8, 4) is 5.75 Å². The topological polar surface area (TPSA) is 53.3 Å². The Morgan fingerprint density at radius 1 is 0.975 bits per heavy atom. The van der Waals surface area contributed by atoms with E-state index in [0.717, 1.165) is 79.5 Å². The van der Waals surface area contributed by atoms with Gasteiger partial charge < -0.3 is 23.8 Å². The van der Waals surface area contributed by atoms with Crippen LogP contribution >= 0.6 is 0 Å². The first kappa shape index (κ1) is 29.9. The van der Waals surface area contributed by atoms with Crippen LogP contribution in [0, 0.1) is 11.8 Å². The molecule has 3 aromatic rings. The molecule has 0 radical (unpaired) electrons. The van der Waals surface area contributed by atoms with Crippen molar-refractivity contribution in [3.05, 3.63) is 53.9 Å². The van der Waals surface area contributed by atoms with Crippen LogP contribution in [0.4, 0.5) is 11.5 Å². The summed E-state index contributed by atoms with van der Waals surface area (Å²) in [6, 6.07) is 12.0. The van der Waals surface area contributed by atoms with Crippen LogP contribution in [0.15, 0.2) is 42.6 Å². The van der Waals surface area contributed by atoms with Crippen LogP contribution in [-0.2, 0) is 6.42 Å². The first-order chi connectivity index (χ1) is 19.3. The Kier molecular flexibility index (Phi) is 10.5. The predicted molar refractivity (Wildman–Crippen MR) is 165 cm³/mol. The van der Waals surface area contributed by atoms with E-state index in [9.17, 15) is 4.79 Å². The zero-order valence-corrected chi connectivity index (χ0v) is 25.5. The number of anilines is 2. The average molecular weight is 548 g/mol. The van der Waals surface area contributed by atoms with Crippen molar-refractivity contribution in [2.45, 2.75) is 66.2 Å². The second-order valence-corrected chi connectivity index (χ2v) is 12.1. The third-order valence-electron chi connectivity index (χ3n) is 8.05. The molecule has 2 aromatic heterocycles. The Morgan fingerprint density at radius 2 is 1.62 bits per heavy atom. The summed E-state index contributed by atoms with van der Waals surface area (Å²) in [5, 5.41) is 0. The minimum atomic E-state index is 0.116. The Bertz CT molecular complexity index is 1220. The van der Waals surface area contributed by atoms with E-state index in [2.05, 4.69) is 66.0 Å². The molecule has 0 bridgehead atoms. The molecule has 1 aromatic carbocycles. The fourth-order valence-corrected chi connectivity index (χ4v) is 5.44. The zero-order valence-electron chi connectivity index (χ0n) is 25.5. The molecule has 0 spiro atoms. The van der Waals surface area contributed by atoms with Crippen LogP contribution in [-0.4, -0.2) is 72.0 Å². The van der Waals surface area contributed by atoms with Crippen LogP contribution in [0.3, 0.4) is 0 Å². The lowest BCUT2D eigenvalue weighted by atomic mass is 10.1. The van der Waals surface area contributed by atoms with Crippen LogP contribution < -0.4 is 9.64 Å². The highest BCUT2D eigenvalue weighted by Gasteiger charge is 2.22. The molecule has 4 rings (SSSR count). The first-order valence-electron chi connectivity index (χ1n) is 15.2. The molecule has 1 amide bonds. The number of aryl methyl sites for hydroxylation is 1. The molecule has 1 aliphatic heterocycles. The van der Waals surface area contributed by atoms with Crippen molar-refractivity contribution in [2.75, 3.05) is 51.8 Å². The number of hydrogen-bond acceptors (Lipinski definition) is 5. The molecule has 1 saturated heterocycles. The number of nitrogens with zero attached hydrogens (tertiary/aromatic N) is 5. The van der Waals surface area contributed by atoms with E-state index in [1.807, 2.05) is 30.5 Å². The van der Waals surface area contributed by atoms with Gasteiger partial charge in [-0.3, -0.25) is 4.79 Å². The van der Waals surface area contributed by atoms with Crippen molar-refractivity contribution < 1.29 is 9.53 Å². The number of imidazole rings is 1. The predicted octanol–water partition coefficient (Wildman–Crippen LogP) is 6.67. The number of pyridine rings is 1. The van der Waals surface area contributed by atoms with Crippen LogP contribution in [0.1, 0.15) is 75.9 Å². The van der Waals surface area contributed by atoms with Gasteiger partial charge in [0, 0.05) is 32.0 Å². The Morgan fingerprint density at radius 3 is 2.23 bits per heavy atom. The van der Waals surface area contributed by atoms with Gasteiger partial charge in [-0.25, -0.2) is 4.98 Å². The third-order valence-corrected chi connectivity index (χ3v) is 8.05. The Hall–Kier alpha value is -3.06. The summed E-state index contributed by atoms with van der Waals surface area (Å²) < 4.78 is 7.53. The number of carbonyl (C=O) groups excluding carboxylic acids is 1. The van der Waals surface area contributed by atoms with Gasteiger partial charge in [0.15, 0.2) is 5.82 Å². The molecule has 3 heterocycles. The van der Waals surface area contributed by atoms with E-state index in [1.165, 1.54) is 25.9 Å². The third kappa shape index (κ3) is 7.57. The maximum atomic E-state index is 13.8. The second kappa shape index (κ2) is 14.0. The summed E-state index contributed by atoms with van der Waals surface area (Å²) in [7, 11) is 3.75. The quantitative estimate of drug-likeness (QED) is 0.226. The average Bonchev–Trinajstić information content (AvgIpc) is 3.60. The number of benzene rings is 1. The van der Waals surface area contributed by atoms with Crippen molar-refractivity contribution in [2.24, 2.45) is 11.8 Å². The highest BCUT2D eigenvalue weighted by Crippen LogP contribution is 2.30. The number of carbonyl (C=O) groups is 1. The maximum absolute atomic E-state index is 13.8. The molecule has 218 valence electrons. The molecule has 0 N–H and O–H groups in total. The van der Waals surface area contributed by atoms with Crippen molar-refractivity contribution in [1.29, 1.82) is 0 Å². The number of amides is 1. The monoisotopic (exact) mass is 547 g/mol. The lowest BCUT2D eigenvalue weighted by molar-refractivity contribution is 0.0740. The summed E-state index contributed by atoms with van der Waals surface area (Å²) in [6.07, 6.45) is 8.61. The maximum Gasteiger partial charge on any atom is 0.255 e. The summed E-state index contributed by atoms with van der Waals surface area (Å²) in [5.74, 6) is 3.01. The summed E-state index contributed by atoms with van der Waals surface area (Å²) in [6.45, 7) is 14.0. The smallest absolute Gasteiger partial charge is 0.255 e. The molecule has 7 nitrogen and oxygen atoms in total. The zero-order chi connectivity index (χ0) is 28.6. The molecule has 0 atom stereocenters. The molecule has 1 fully saturated rings. The number of likely N-dealkylation sites (tertiary alicyclic amines) is 1. The van der Waals surface area contributed by atoms with Gasteiger partial charge in [-0.2, -0.15) is 0 Å². The van der Waals surface area contributed by atoms with Crippen molar-refractivity contribution in [1.82, 2.24) is 19.2 Å². The molecule has 0 unspecified atom stereocenters. The van der Waals surface area contributed by atoms with Gasteiger partial charge in [0.2, 0.25) is 0 Å². The summed E-state index contributed by atoms with van der Waals surface area (Å²) in [5.41, 5.74) is 3.81. The molecule has 0 aliphatic carbocycles. The number of ether oxygens (including phenoxy) is 1. The number of fused-ring (bicyclic) bond motifs is 1. The fourth-order valence-electron chi connectivity index (χ4n) is 5.44. The van der Waals surface area contributed by atoms with Crippen LogP contribution in [0.2, 0.25) is 0 Å². The molecule has 0 saturated carbocycles. The van der Waals surface area contributed by atoms with Gasteiger partial charge in [-0.05, 0) is 106 Å². The van der Waals surface area contributed by atoms with E-state index in [1.54, 1.807) is 7.11 Å². The minimum absolute atomic E-state index is 0.116. The standard InChI is InChI=1S/C33H49N5O2/c1-25(2)17-22-37(23-18-26(3)4)33(39)27-11-16-31-34-32(35(5)28-12-14-29(40-6)15-13-28)30(38(31)24-27)10-9-21-36-19-7-8-20-36/h11-16,24-26H,7-10,17-23H2,1-6H3. The largest absolute Gasteiger partial charge is 0.497 e. The Labute approximate surface area is 241 Å².